The summed E-state index contributed by atoms with van der Waals surface area (Å²) < 4.78 is 13.0. The number of aromatic amines is 1. The topological polar surface area (TPSA) is 62.0 Å². The second-order valence-electron chi connectivity index (χ2n) is 5.20. The summed E-state index contributed by atoms with van der Waals surface area (Å²) in [6.45, 7) is 0. The van der Waals surface area contributed by atoms with Gasteiger partial charge < -0.3 is 10.3 Å². The Morgan fingerprint density at radius 2 is 1.72 bits per heavy atom. The first-order valence-corrected chi connectivity index (χ1v) is 7.95. The molecule has 0 aliphatic heterocycles. The number of carbonyl (C=O) groups is 1. The fourth-order valence-electron chi connectivity index (χ4n) is 2.23. The summed E-state index contributed by atoms with van der Waals surface area (Å²) in [6, 6.07) is 13.2. The lowest BCUT2D eigenvalue weighted by atomic mass is 10.1. The van der Waals surface area contributed by atoms with E-state index >= 15 is 0 Å². The molecular formula is C18H11Cl2FN2O2. The fraction of sp³-hybridized carbons (Fsp3) is 0. The van der Waals surface area contributed by atoms with Crippen LogP contribution in [0.5, 0.6) is 0 Å². The molecule has 0 bridgehead atoms. The van der Waals surface area contributed by atoms with Crippen molar-refractivity contribution in [3.05, 3.63) is 86.4 Å². The number of carbonyl (C=O) groups excluding carboxylic acids is 1. The number of pyridine rings is 1. The predicted molar refractivity (Wildman–Crippen MR) is 96.9 cm³/mol. The van der Waals surface area contributed by atoms with Gasteiger partial charge >= 0.3 is 0 Å². The molecule has 0 saturated carbocycles. The molecule has 1 heterocycles. The van der Waals surface area contributed by atoms with Crippen molar-refractivity contribution in [1.82, 2.24) is 4.98 Å². The molecular weight excluding hydrogens is 366 g/mol. The van der Waals surface area contributed by atoms with Crippen LogP contribution in [0.1, 0.15) is 10.4 Å². The highest BCUT2D eigenvalue weighted by Crippen LogP contribution is 2.25. The summed E-state index contributed by atoms with van der Waals surface area (Å²) in [6.07, 6.45) is 0. The summed E-state index contributed by atoms with van der Waals surface area (Å²) in [5.41, 5.74) is 0.816. The average Bonchev–Trinajstić information content (AvgIpc) is 2.58. The maximum atomic E-state index is 13.0. The van der Waals surface area contributed by atoms with Crippen LogP contribution in [0.2, 0.25) is 10.0 Å². The van der Waals surface area contributed by atoms with Gasteiger partial charge in [0.25, 0.3) is 11.5 Å². The monoisotopic (exact) mass is 376 g/mol. The fourth-order valence-corrected chi connectivity index (χ4v) is 2.69. The van der Waals surface area contributed by atoms with Crippen molar-refractivity contribution in [2.24, 2.45) is 0 Å². The highest BCUT2D eigenvalue weighted by Gasteiger charge is 2.13. The molecule has 3 aromatic rings. The highest BCUT2D eigenvalue weighted by atomic mass is 35.5. The smallest absolute Gasteiger partial charge is 0.261 e. The Morgan fingerprint density at radius 3 is 2.36 bits per heavy atom. The molecule has 0 radical (unpaired) electrons. The van der Waals surface area contributed by atoms with E-state index in [0.717, 1.165) is 0 Å². The van der Waals surface area contributed by atoms with Crippen molar-refractivity contribution in [3.63, 3.8) is 0 Å². The Labute approximate surface area is 152 Å². The van der Waals surface area contributed by atoms with Gasteiger partial charge in [-0.1, -0.05) is 23.2 Å². The molecule has 25 heavy (non-hydrogen) atoms. The number of amides is 1. The van der Waals surface area contributed by atoms with Crippen LogP contribution in [-0.2, 0) is 0 Å². The summed E-state index contributed by atoms with van der Waals surface area (Å²) in [5.74, 6) is -0.974. The van der Waals surface area contributed by atoms with Gasteiger partial charge in [0, 0.05) is 10.7 Å². The number of hydrogen-bond acceptors (Lipinski definition) is 2. The summed E-state index contributed by atoms with van der Waals surface area (Å²) in [5, 5.41) is 3.26. The molecule has 2 N–H and O–H groups in total. The predicted octanol–water partition coefficient (Wildman–Crippen LogP) is 4.74. The number of benzene rings is 2. The van der Waals surface area contributed by atoms with Crippen molar-refractivity contribution >= 4 is 34.8 Å². The van der Waals surface area contributed by atoms with Crippen LogP contribution in [0, 0.1) is 5.82 Å². The van der Waals surface area contributed by atoms with E-state index in [-0.39, 0.29) is 16.4 Å². The van der Waals surface area contributed by atoms with E-state index in [4.69, 9.17) is 23.2 Å². The first-order chi connectivity index (χ1) is 11.9. The van der Waals surface area contributed by atoms with E-state index in [2.05, 4.69) is 10.3 Å². The third kappa shape index (κ3) is 3.90. The molecule has 7 heteroatoms. The van der Waals surface area contributed by atoms with Crippen molar-refractivity contribution in [2.75, 3.05) is 5.32 Å². The molecule has 3 rings (SSSR count). The van der Waals surface area contributed by atoms with Crippen LogP contribution in [-0.4, -0.2) is 10.9 Å². The molecule has 126 valence electrons. The lowest BCUT2D eigenvalue weighted by Crippen LogP contribution is -2.23. The molecule has 0 aliphatic carbocycles. The largest absolute Gasteiger partial charge is 0.321 e. The van der Waals surface area contributed by atoms with Crippen molar-refractivity contribution < 1.29 is 9.18 Å². The number of nitrogens with one attached hydrogen (secondary N) is 2. The summed E-state index contributed by atoms with van der Waals surface area (Å²) in [7, 11) is 0. The Hall–Kier alpha value is -2.63. The van der Waals surface area contributed by atoms with Gasteiger partial charge in [-0.2, -0.15) is 0 Å². The van der Waals surface area contributed by atoms with Gasteiger partial charge in [-0.25, -0.2) is 4.39 Å². The number of anilines is 1. The summed E-state index contributed by atoms with van der Waals surface area (Å²) >= 11 is 11.8. The van der Waals surface area contributed by atoms with E-state index in [1.807, 2.05) is 0 Å². The van der Waals surface area contributed by atoms with Crippen LogP contribution in [0.15, 0.2) is 59.4 Å². The molecule has 4 nitrogen and oxygen atoms in total. The first-order valence-electron chi connectivity index (χ1n) is 7.20. The molecule has 0 atom stereocenters. The van der Waals surface area contributed by atoms with Gasteiger partial charge in [0.05, 0.1) is 10.7 Å². The molecule has 1 amide bonds. The van der Waals surface area contributed by atoms with Crippen LogP contribution >= 0.6 is 23.2 Å². The number of hydrogen-bond donors (Lipinski definition) is 2. The molecule has 2 aromatic carbocycles. The Balaban J connectivity index is 1.86. The van der Waals surface area contributed by atoms with E-state index < -0.39 is 11.5 Å². The van der Waals surface area contributed by atoms with Crippen molar-refractivity contribution in [2.45, 2.75) is 0 Å². The Kier molecular flexibility index (Phi) is 4.88. The summed E-state index contributed by atoms with van der Waals surface area (Å²) in [4.78, 5) is 27.1. The minimum absolute atomic E-state index is 0.0723. The van der Waals surface area contributed by atoms with Crippen molar-refractivity contribution in [1.29, 1.82) is 0 Å². The maximum Gasteiger partial charge on any atom is 0.261 e. The molecule has 0 spiro atoms. The van der Waals surface area contributed by atoms with E-state index in [0.29, 0.717) is 22.0 Å². The SMILES string of the molecule is O=C(Nc1ccc(Cl)cc1Cl)c1ccc(-c2ccc(F)cc2)[nH]c1=O. The second-order valence-corrected chi connectivity index (χ2v) is 6.04. The molecule has 0 saturated heterocycles. The van der Waals surface area contributed by atoms with Gasteiger partial charge in [-0.05, 0) is 60.2 Å². The van der Waals surface area contributed by atoms with E-state index in [1.54, 1.807) is 18.2 Å². The first kappa shape index (κ1) is 17.2. The maximum absolute atomic E-state index is 13.0. The normalized spacial score (nSPS) is 10.5. The molecule has 0 fully saturated rings. The zero-order valence-electron chi connectivity index (χ0n) is 12.6. The third-order valence-electron chi connectivity index (χ3n) is 3.49. The quantitative estimate of drug-likeness (QED) is 0.693. The number of H-pyrrole nitrogens is 1. The van der Waals surface area contributed by atoms with Crippen LogP contribution < -0.4 is 10.9 Å². The van der Waals surface area contributed by atoms with E-state index in [1.165, 1.54) is 36.4 Å². The second kappa shape index (κ2) is 7.09. The Morgan fingerprint density at radius 1 is 1.00 bits per heavy atom. The minimum Gasteiger partial charge on any atom is -0.321 e. The van der Waals surface area contributed by atoms with Crippen LogP contribution in [0.3, 0.4) is 0 Å². The van der Waals surface area contributed by atoms with Gasteiger partial charge in [-0.3, -0.25) is 9.59 Å². The average molecular weight is 377 g/mol. The lowest BCUT2D eigenvalue weighted by molar-refractivity contribution is 0.102. The number of rotatable bonds is 3. The van der Waals surface area contributed by atoms with Crippen molar-refractivity contribution in [3.8, 4) is 11.3 Å². The molecule has 0 aliphatic rings. The van der Waals surface area contributed by atoms with Crippen LogP contribution in [0.4, 0.5) is 10.1 Å². The van der Waals surface area contributed by atoms with Gasteiger partial charge in [0.15, 0.2) is 0 Å². The van der Waals surface area contributed by atoms with Gasteiger partial charge in [-0.15, -0.1) is 0 Å². The Bertz CT molecular complexity index is 1000. The molecule has 0 unspecified atom stereocenters. The van der Waals surface area contributed by atoms with Gasteiger partial charge in [0.1, 0.15) is 11.4 Å². The van der Waals surface area contributed by atoms with Crippen LogP contribution in [0.25, 0.3) is 11.3 Å². The minimum atomic E-state index is -0.601. The number of aromatic nitrogens is 1. The standard InChI is InChI=1S/C18H11Cl2FN2O2/c19-11-3-7-16(14(20)9-11)23-18(25)13-6-8-15(22-17(13)24)10-1-4-12(21)5-2-10/h1-9H,(H,22,24)(H,23,25). The number of halogens is 3. The zero-order chi connectivity index (χ0) is 18.0. The lowest BCUT2D eigenvalue weighted by Gasteiger charge is -2.08. The zero-order valence-corrected chi connectivity index (χ0v) is 14.2. The highest BCUT2D eigenvalue weighted by molar-refractivity contribution is 6.36. The van der Waals surface area contributed by atoms with Gasteiger partial charge in [0.2, 0.25) is 0 Å². The third-order valence-corrected chi connectivity index (χ3v) is 4.04. The molecule has 1 aromatic heterocycles. The van der Waals surface area contributed by atoms with E-state index in [9.17, 15) is 14.0 Å².